The van der Waals surface area contributed by atoms with E-state index in [1.165, 1.54) is 24.3 Å². The highest BCUT2D eigenvalue weighted by Crippen LogP contribution is 2.48. The molecule has 1 aliphatic rings. The molecule has 0 fully saturated rings. The third kappa shape index (κ3) is 6.29. The number of anilines is 2. The SMILES string of the molecule is CCOC(=O)C1=C(Nc2ccc(C)cc2)C[C@@H](c2ccc([N+](=O)[O-])cc2)N(c2ccc(C)cc2)[C@@H]1c1ccc([N+](=O)[O-])cc1. The lowest BCUT2D eigenvalue weighted by atomic mass is 9.84. The molecular formula is C34H32N4O6. The van der Waals surface area contributed by atoms with E-state index in [4.69, 9.17) is 4.74 Å². The van der Waals surface area contributed by atoms with Crippen LogP contribution in [0.5, 0.6) is 0 Å². The summed E-state index contributed by atoms with van der Waals surface area (Å²) in [6.45, 7) is 5.87. The first-order chi connectivity index (χ1) is 21.2. The summed E-state index contributed by atoms with van der Waals surface area (Å²) in [6.07, 6.45) is 0.344. The standard InChI is InChI=1S/C34H32N4O6/c1-4-44-34(39)32-30(35-26-13-5-22(2)6-14-26)21-31(24-9-17-28(18-10-24)37(40)41)36(27-15-7-23(3)8-16-27)33(32)25-11-19-29(20-12-25)38(42)43/h5-20,31,33,35H,4,21H2,1-3H3/t31-,33+/m0/s1. The van der Waals surface area contributed by atoms with Crippen molar-refractivity contribution >= 4 is 28.7 Å². The second kappa shape index (κ2) is 12.8. The maximum atomic E-state index is 13.9. The Morgan fingerprint density at radius 2 is 1.30 bits per heavy atom. The van der Waals surface area contributed by atoms with E-state index in [0.29, 0.717) is 23.3 Å². The Morgan fingerprint density at radius 1 is 0.795 bits per heavy atom. The highest BCUT2D eigenvalue weighted by Gasteiger charge is 2.42. The number of hydrogen-bond acceptors (Lipinski definition) is 8. The Hall–Kier alpha value is -5.51. The normalized spacial score (nSPS) is 16.4. The van der Waals surface area contributed by atoms with Crippen molar-refractivity contribution in [1.29, 1.82) is 0 Å². The predicted molar refractivity (Wildman–Crippen MR) is 168 cm³/mol. The van der Waals surface area contributed by atoms with Crippen LogP contribution in [0.2, 0.25) is 0 Å². The number of carbonyl (C=O) groups is 1. The number of benzene rings is 4. The number of aryl methyl sites for hydroxylation is 2. The first-order valence-electron chi connectivity index (χ1n) is 14.2. The van der Waals surface area contributed by atoms with Gasteiger partial charge in [-0.1, -0.05) is 47.5 Å². The summed E-state index contributed by atoms with van der Waals surface area (Å²) < 4.78 is 5.62. The molecule has 2 atom stereocenters. The second-order valence-corrected chi connectivity index (χ2v) is 10.7. The van der Waals surface area contributed by atoms with Crippen LogP contribution in [0.3, 0.4) is 0 Å². The Labute approximate surface area is 254 Å². The summed E-state index contributed by atoms with van der Waals surface area (Å²) in [7, 11) is 0. The topological polar surface area (TPSA) is 128 Å². The van der Waals surface area contributed by atoms with Crippen LogP contribution in [-0.4, -0.2) is 22.4 Å². The zero-order valence-electron chi connectivity index (χ0n) is 24.6. The van der Waals surface area contributed by atoms with Gasteiger partial charge in [0.25, 0.3) is 11.4 Å². The third-order valence-electron chi connectivity index (χ3n) is 7.69. The molecule has 10 heteroatoms. The largest absolute Gasteiger partial charge is 0.463 e. The van der Waals surface area contributed by atoms with Gasteiger partial charge in [-0.05, 0) is 68.3 Å². The minimum absolute atomic E-state index is 0.0286. The first kappa shape index (κ1) is 30.0. The van der Waals surface area contributed by atoms with E-state index in [2.05, 4.69) is 10.2 Å². The molecule has 0 aliphatic carbocycles. The van der Waals surface area contributed by atoms with E-state index < -0.39 is 21.9 Å². The van der Waals surface area contributed by atoms with E-state index >= 15 is 0 Å². The number of hydrogen-bond donors (Lipinski definition) is 1. The zero-order valence-corrected chi connectivity index (χ0v) is 24.6. The van der Waals surface area contributed by atoms with Crippen LogP contribution < -0.4 is 10.2 Å². The fourth-order valence-electron chi connectivity index (χ4n) is 5.51. The summed E-state index contributed by atoms with van der Waals surface area (Å²) in [5.41, 5.74) is 6.06. The van der Waals surface area contributed by atoms with Gasteiger partial charge in [-0.15, -0.1) is 0 Å². The molecule has 0 amide bonds. The quantitative estimate of drug-likeness (QED) is 0.119. The molecule has 0 radical (unpaired) electrons. The second-order valence-electron chi connectivity index (χ2n) is 10.7. The molecular weight excluding hydrogens is 560 g/mol. The van der Waals surface area contributed by atoms with E-state index in [9.17, 15) is 25.0 Å². The van der Waals surface area contributed by atoms with Crippen molar-refractivity contribution in [2.45, 2.75) is 39.3 Å². The molecule has 44 heavy (non-hydrogen) atoms. The van der Waals surface area contributed by atoms with Crippen molar-refractivity contribution in [3.63, 3.8) is 0 Å². The Kier molecular flexibility index (Phi) is 8.71. The van der Waals surface area contributed by atoms with Crippen molar-refractivity contribution in [2.75, 3.05) is 16.8 Å². The number of carbonyl (C=O) groups excluding carboxylic acids is 1. The average Bonchev–Trinajstić information content (AvgIpc) is 3.02. The summed E-state index contributed by atoms with van der Waals surface area (Å²) in [5, 5.41) is 26.4. The van der Waals surface area contributed by atoms with Gasteiger partial charge in [-0.25, -0.2) is 4.79 Å². The van der Waals surface area contributed by atoms with Gasteiger partial charge in [-0.3, -0.25) is 20.2 Å². The van der Waals surface area contributed by atoms with Crippen LogP contribution in [0, 0.1) is 34.1 Å². The molecule has 4 aromatic carbocycles. The van der Waals surface area contributed by atoms with E-state index in [1.807, 2.05) is 62.4 Å². The van der Waals surface area contributed by atoms with E-state index in [0.717, 1.165) is 28.1 Å². The van der Waals surface area contributed by atoms with Gasteiger partial charge in [0, 0.05) is 47.8 Å². The zero-order chi connectivity index (χ0) is 31.4. The molecule has 1 aliphatic heterocycles. The lowest BCUT2D eigenvalue weighted by Gasteiger charge is -2.46. The minimum atomic E-state index is -0.723. The number of nitrogens with one attached hydrogen (secondary N) is 1. The van der Waals surface area contributed by atoms with Crippen molar-refractivity contribution in [3.05, 3.63) is 151 Å². The first-order valence-corrected chi connectivity index (χ1v) is 14.2. The average molecular weight is 593 g/mol. The molecule has 0 aromatic heterocycles. The lowest BCUT2D eigenvalue weighted by molar-refractivity contribution is -0.385. The summed E-state index contributed by atoms with van der Waals surface area (Å²) in [4.78, 5) is 38.0. The van der Waals surface area contributed by atoms with Gasteiger partial charge in [-0.2, -0.15) is 0 Å². The molecule has 0 saturated carbocycles. The molecule has 0 bridgehead atoms. The highest BCUT2D eigenvalue weighted by atomic mass is 16.6. The Morgan fingerprint density at radius 3 is 1.80 bits per heavy atom. The summed E-state index contributed by atoms with van der Waals surface area (Å²) in [5.74, 6) is -0.510. The molecule has 10 nitrogen and oxygen atoms in total. The van der Waals surface area contributed by atoms with Crippen LogP contribution in [0.15, 0.2) is 108 Å². The number of rotatable bonds is 9. The fraction of sp³-hybridized carbons (Fsp3) is 0.206. The van der Waals surface area contributed by atoms with Gasteiger partial charge in [0.05, 0.1) is 34.1 Å². The van der Waals surface area contributed by atoms with Gasteiger partial charge >= 0.3 is 5.97 Å². The van der Waals surface area contributed by atoms with Gasteiger partial charge in [0.2, 0.25) is 0 Å². The van der Waals surface area contributed by atoms with Crippen molar-refractivity contribution in [1.82, 2.24) is 0 Å². The molecule has 224 valence electrons. The van der Waals surface area contributed by atoms with Crippen molar-refractivity contribution in [3.8, 4) is 0 Å². The van der Waals surface area contributed by atoms with Crippen LogP contribution in [0.1, 0.15) is 47.7 Å². The molecule has 1 N–H and O–H groups in total. The molecule has 0 spiro atoms. The number of esters is 1. The molecule has 4 aromatic rings. The molecule has 1 heterocycles. The van der Waals surface area contributed by atoms with Gasteiger partial charge < -0.3 is 15.0 Å². The Bertz CT molecular complexity index is 1700. The lowest BCUT2D eigenvalue weighted by Crippen LogP contribution is -2.41. The van der Waals surface area contributed by atoms with Crippen LogP contribution in [0.4, 0.5) is 22.7 Å². The highest BCUT2D eigenvalue weighted by molar-refractivity contribution is 5.93. The van der Waals surface area contributed by atoms with Crippen LogP contribution >= 0.6 is 0 Å². The van der Waals surface area contributed by atoms with Crippen LogP contribution in [0.25, 0.3) is 0 Å². The maximum absolute atomic E-state index is 13.9. The monoisotopic (exact) mass is 592 g/mol. The van der Waals surface area contributed by atoms with E-state index in [-0.39, 0.29) is 24.0 Å². The van der Waals surface area contributed by atoms with Crippen LogP contribution in [-0.2, 0) is 9.53 Å². The summed E-state index contributed by atoms with van der Waals surface area (Å²) in [6, 6.07) is 27.1. The molecule has 5 rings (SSSR count). The number of nitro groups is 2. The smallest absolute Gasteiger partial charge is 0.338 e. The maximum Gasteiger partial charge on any atom is 0.338 e. The third-order valence-corrected chi connectivity index (χ3v) is 7.69. The molecule has 0 saturated heterocycles. The Balaban J connectivity index is 1.78. The van der Waals surface area contributed by atoms with Gasteiger partial charge in [0.15, 0.2) is 0 Å². The number of non-ortho nitro benzene ring substituents is 2. The van der Waals surface area contributed by atoms with E-state index in [1.54, 1.807) is 31.2 Å². The van der Waals surface area contributed by atoms with Gasteiger partial charge in [0.1, 0.15) is 0 Å². The predicted octanol–water partition coefficient (Wildman–Crippen LogP) is 7.74. The fourth-order valence-corrected chi connectivity index (χ4v) is 5.51. The molecule has 0 unspecified atom stereocenters. The minimum Gasteiger partial charge on any atom is -0.463 e. The number of nitro benzene ring substituents is 2. The number of ether oxygens (including phenoxy) is 1. The van der Waals surface area contributed by atoms with Crippen molar-refractivity contribution in [2.24, 2.45) is 0 Å². The van der Waals surface area contributed by atoms with Crippen molar-refractivity contribution < 1.29 is 19.4 Å². The summed E-state index contributed by atoms with van der Waals surface area (Å²) >= 11 is 0. The number of nitrogens with zero attached hydrogens (tertiary/aromatic N) is 3.